The highest BCUT2D eigenvalue weighted by Crippen LogP contribution is 2.40. The van der Waals surface area contributed by atoms with Crippen LogP contribution in [0.3, 0.4) is 0 Å². The fourth-order valence-corrected chi connectivity index (χ4v) is 7.24. The molecule has 0 saturated heterocycles. The van der Waals surface area contributed by atoms with Crippen LogP contribution in [0.15, 0.2) is 96.4 Å². The van der Waals surface area contributed by atoms with Gasteiger partial charge in [0.05, 0.1) is 13.1 Å². The van der Waals surface area contributed by atoms with E-state index in [9.17, 15) is 24.0 Å². The molecule has 5 rings (SSSR count). The fourth-order valence-electron chi connectivity index (χ4n) is 6.95. The number of hydrogen-bond acceptors (Lipinski definition) is 10. The zero-order chi connectivity index (χ0) is 44.4. The standard InChI is InChI=1S/C47H57N7O7S/c1-4-5-7-31-8-11-33(12-9-31)34-13-15-35(16-14-34)45(57)52-30-43(56)54(2)44-36-17-19-41(61-24-21-49)38(28-36)37-26-32(10-18-40(37)60-23-20-48)27-39(46(58)50-22-6-25-62-3)53-42(55)29-51-47(44)59/h6,8-19,25-26,28,39,44H,4-5,7,20-24,27,29-30,48-49H2,1-3H3,(H,50,58)(H,51,59)(H,52,57)(H,53,55)/b25-6+. The molecule has 328 valence electrons. The predicted octanol–water partition coefficient (Wildman–Crippen LogP) is 4.12. The molecule has 0 fully saturated rings. The van der Waals surface area contributed by atoms with Gasteiger partial charge < -0.3 is 47.1 Å². The van der Waals surface area contributed by atoms with Crippen molar-refractivity contribution in [2.75, 3.05) is 59.2 Å². The van der Waals surface area contributed by atoms with E-state index in [1.54, 1.807) is 48.5 Å². The summed E-state index contributed by atoms with van der Waals surface area (Å²) in [5.41, 5.74) is 17.4. The maximum absolute atomic E-state index is 14.2. The monoisotopic (exact) mass is 863 g/mol. The molecule has 4 aromatic carbocycles. The molecule has 1 aliphatic rings. The van der Waals surface area contributed by atoms with Crippen molar-refractivity contribution in [1.82, 2.24) is 26.2 Å². The average Bonchev–Trinajstić information content (AvgIpc) is 3.29. The summed E-state index contributed by atoms with van der Waals surface area (Å²) in [6, 6.07) is 23.7. The van der Waals surface area contributed by atoms with Crippen LogP contribution in [0.1, 0.15) is 52.9 Å². The number of unbranched alkanes of at least 4 members (excludes halogenated alkanes) is 1. The maximum atomic E-state index is 14.2. The molecular formula is C47H57N7O7S. The quantitative estimate of drug-likeness (QED) is 0.0844. The number of ether oxygens (including phenoxy) is 2. The zero-order valence-corrected chi connectivity index (χ0v) is 36.4. The number of hydrogen-bond donors (Lipinski definition) is 6. The van der Waals surface area contributed by atoms with E-state index in [1.165, 1.54) is 29.3 Å². The number of carbonyl (C=O) groups is 5. The van der Waals surface area contributed by atoms with Gasteiger partial charge in [-0.2, -0.15) is 0 Å². The van der Waals surface area contributed by atoms with Crippen molar-refractivity contribution < 1.29 is 33.4 Å². The molecule has 5 amide bonds. The summed E-state index contributed by atoms with van der Waals surface area (Å²) in [6.45, 7) is 2.35. The van der Waals surface area contributed by atoms with Gasteiger partial charge in [0.25, 0.3) is 5.91 Å². The molecule has 2 atom stereocenters. The van der Waals surface area contributed by atoms with Gasteiger partial charge in [-0.05, 0) is 88.7 Å². The number of nitrogens with one attached hydrogen (secondary N) is 4. The summed E-state index contributed by atoms with van der Waals surface area (Å²) in [6.07, 6.45) is 7.10. The van der Waals surface area contributed by atoms with Gasteiger partial charge in [0.2, 0.25) is 23.6 Å². The minimum Gasteiger partial charge on any atom is -0.492 e. The number of fused-ring (bicyclic) bond motifs is 5. The fraction of sp³-hybridized carbons (Fsp3) is 0.340. The second kappa shape index (κ2) is 23.7. The molecule has 4 aromatic rings. The number of benzene rings is 4. The topological polar surface area (TPSA) is 207 Å². The summed E-state index contributed by atoms with van der Waals surface area (Å²) >= 11 is 1.49. The Morgan fingerprint density at radius 3 is 2.16 bits per heavy atom. The summed E-state index contributed by atoms with van der Waals surface area (Å²) in [5.74, 6) is -1.86. The molecule has 14 nitrogen and oxygen atoms in total. The molecular weight excluding hydrogens is 807 g/mol. The van der Waals surface area contributed by atoms with Crippen LogP contribution in [0.25, 0.3) is 22.3 Å². The number of thioether (sulfide) groups is 1. The highest BCUT2D eigenvalue weighted by Gasteiger charge is 2.32. The van der Waals surface area contributed by atoms with Gasteiger partial charge in [-0.15, -0.1) is 11.8 Å². The largest absolute Gasteiger partial charge is 0.492 e. The molecule has 0 spiro atoms. The lowest BCUT2D eigenvalue weighted by Crippen LogP contribution is -2.51. The first-order chi connectivity index (χ1) is 30.1. The molecule has 4 bridgehead atoms. The number of nitrogens with zero attached hydrogens (tertiary/aromatic N) is 1. The first-order valence-electron chi connectivity index (χ1n) is 20.8. The number of aryl methyl sites for hydroxylation is 1. The second-order valence-electron chi connectivity index (χ2n) is 14.7. The highest BCUT2D eigenvalue weighted by atomic mass is 32.2. The van der Waals surface area contributed by atoms with E-state index in [0.29, 0.717) is 39.3 Å². The summed E-state index contributed by atoms with van der Waals surface area (Å²) in [7, 11) is 1.45. The number of carbonyl (C=O) groups excluding carboxylic acids is 5. The van der Waals surface area contributed by atoms with Gasteiger partial charge >= 0.3 is 0 Å². The highest BCUT2D eigenvalue weighted by molar-refractivity contribution is 8.01. The third-order valence-corrected chi connectivity index (χ3v) is 10.7. The summed E-state index contributed by atoms with van der Waals surface area (Å²) in [5, 5.41) is 12.8. The van der Waals surface area contributed by atoms with Crippen molar-refractivity contribution in [1.29, 1.82) is 0 Å². The van der Waals surface area contributed by atoms with Crippen LogP contribution in [0, 0.1) is 0 Å². The lowest BCUT2D eigenvalue weighted by Gasteiger charge is -2.29. The van der Waals surface area contributed by atoms with Crippen molar-refractivity contribution in [3.63, 3.8) is 0 Å². The normalized spacial score (nSPS) is 15.2. The molecule has 0 radical (unpaired) electrons. The van der Waals surface area contributed by atoms with Crippen LogP contribution in [0.2, 0.25) is 0 Å². The Hall–Kier alpha value is -6.16. The minimum absolute atomic E-state index is 0.114. The van der Waals surface area contributed by atoms with E-state index in [0.717, 1.165) is 30.4 Å². The molecule has 0 aromatic heterocycles. The van der Waals surface area contributed by atoms with Crippen molar-refractivity contribution in [3.05, 3.63) is 119 Å². The van der Waals surface area contributed by atoms with Gasteiger partial charge in [0.1, 0.15) is 36.8 Å². The first kappa shape index (κ1) is 46.9. The predicted molar refractivity (Wildman–Crippen MR) is 244 cm³/mol. The van der Waals surface area contributed by atoms with Crippen LogP contribution in [-0.2, 0) is 32.0 Å². The summed E-state index contributed by atoms with van der Waals surface area (Å²) in [4.78, 5) is 69.4. The van der Waals surface area contributed by atoms with Crippen LogP contribution in [0.5, 0.6) is 11.5 Å². The van der Waals surface area contributed by atoms with E-state index in [2.05, 4.69) is 52.5 Å². The number of amides is 5. The molecule has 0 saturated carbocycles. The van der Waals surface area contributed by atoms with Crippen molar-refractivity contribution in [2.45, 2.75) is 44.7 Å². The Morgan fingerprint density at radius 2 is 1.52 bits per heavy atom. The van der Waals surface area contributed by atoms with E-state index in [4.69, 9.17) is 20.9 Å². The SMILES string of the molecule is CCCCc1ccc(-c2ccc(C(=O)NCC(=O)N(C)C3C(=O)NCC(=O)NC(C(=O)NC/C=C/SC)Cc4ccc(OCCN)c(c4)-c4cc3ccc4OCCN)cc2)cc1. The van der Waals surface area contributed by atoms with Crippen molar-refractivity contribution in [2.24, 2.45) is 11.5 Å². The Balaban J connectivity index is 1.44. The lowest BCUT2D eigenvalue weighted by atomic mass is 9.93. The first-order valence-corrected chi connectivity index (χ1v) is 22.0. The van der Waals surface area contributed by atoms with Crippen LogP contribution in [-0.4, -0.2) is 99.7 Å². The van der Waals surface area contributed by atoms with Crippen LogP contribution >= 0.6 is 11.8 Å². The Labute approximate surface area is 367 Å². The maximum Gasteiger partial charge on any atom is 0.251 e. The Morgan fingerprint density at radius 1 is 0.871 bits per heavy atom. The molecule has 1 heterocycles. The summed E-state index contributed by atoms with van der Waals surface area (Å²) < 4.78 is 12.2. The third kappa shape index (κ3) is 12.9. The van der Waals surface area contributed by atoms with Gasteiger partial charge in [0.15, 0.2) is 0 Å². The molecule has 0 aliphatic carbocycles. The Bertz CT molecular complexity index is 2200. The van der Waals surface area contributed by atoms with E-state index in [-0.39, 0.29) is 39.3 Å². The Kier molecular flexibility index (Phi) is 18.0. The molecule has 1 aliphatic heterocycles. The van der Waals surface area contributed by atoms with E-state index in [1.807, 2.05) is 29.9 Å². The smallest absolute Gasteiger partial charge is 0.251 e. The average molecular weight is 864 g/mol. The van der Waals surface area contributed by atoms with Crippen molar-refractivity contribution >= 4 is 41.3 Å². The molecule has 8 N–H and O–H groups in total. The van der Waals surface area contributed by atoms with Gasteiger partial charge in [-0.3, -0.25) is 24.0 Å². The molecule has 62 heavy (non-hydrogen) atoms. The van der Waals surface area contributed by atoms with Crippen LogP contribution < -0.4 is 42.2 Å². The van der Waals surface area contributed by atoms with Gasteiger partial charge in [-0.25, -0.2) is 0 Å². The van der Waals surface area contributed by atoms with Gasteiger partial charge in [-0.1, -0.05) is 68.0 Å². The van der Waals surface area contributed by atoms with Gasteiger partial charge in [0, 0.05) is 49.8 Å². The molecule has 15 heteroatoms. The second-order valence-corrected chi connectivity index (χ2v) is 15.5. The lowest BCUT2D eigenvalue weighted by molar-refractivity contribution is -0.139. The minimum atomic E-state index is -1.27. The zero-order valence-electron chi connectivity index (χ0n) is 35.5. The third-order valence-electron chi connectivity index (χ3n) is 10.2. The van der Waals surface area contributed by atoms with E-state index >= 15 is 0 Å². The molecule has 2 unspecified atom stereocenters. The number of nitrogens with two attached hydrogens (primary N) is 2. The number of rotatable bonds is 18. The number of likely N-dealkylation sites (N-methyl/N-ethyl adjacent to an activating group) is 1. The van der Waals surface area contributed by atoms with Crippen molar-refractivity contribution in [3.8, 4) is 33.8 Å². The van der Waals surface area contributed by atoms with Crippen LogP contribution in [0.4, 0.5) is 0 Å². The van der Waals surface area contributed by atoms with E-state index < -0.39 is 54.7 Å².